The number of aromatic nitrogens is 3. The molecule has 136 valence electrons. The topological polar surface area (TPSA) is 81.2 Å². The summed E-state index contributed by atoms with van der Waals surface area (Å²) in [5, 5.41) is 9.69. The summed E-state index contributed by atoms with van der Waals surface area (Å²) in [4.78, 5) is 12.5. The Kier molecular flexibility index (Phi) is 7.01. The molecule has 0 saturated heterocycles. The molecule has 0 aliphatic carbocycles. The van der Waals surface area contributed by atoms with Gasteiger partial charge >= 0.3 is 0 Å². The summed E-state index contributed by atoms with van der Waals surface area (Å²) in [5.41, 5.74) is 0.463. The van der Waals surface area contributed by atoms with Gasteiger partial charge in [0.05, 0.1) is 24.7 Å². The second kappa shape index (κ2) is 9.00. The number of H-pyrrole nitrogens is 1. The van der Waals surface area contributed by atoms with Crippen molar-refractivity contribution in [1.29, 1.82) is 0 Å². The predicted octanol–water partition coefficient (Wildman–Crippen LogP) is 3.45. The fourth-order valence-electron chi connectivity index (χ4n) is 2.27. The van der Waals surface area contributed by atoms with Gasteiger partial charge in [-0.2, -0.15) is 5.10 Å². The molecule has 1 amide bonds. The SMILES string of the molecule is CCCOc1c(Br)cc(C(=O)NCc2n[nH]c(=S)n2CC)cc1OC. The molecule has 7 nitrogen and oxygen atoms in total. The summed E-state index contributed by atoms with van der Waals surface area (Å²) in [6.45, 7) is 5.51. The van der Waals surface area contributed by atoms with Crippen LogP contribution < -0.4 is 14.8 Å². The van der Waals surface area contributed by atoms with Crippen LogP contribution >= 0.6 is 28.1 Å². The number of carbonyl (C=O) groups excluding carboxylic acids is 1. The minimum Gasteiger partial charge on any atom is -0.493 e. The Bertz CT molecular complexity index is 803. The van der Waals surface area contributed by atoms with Crippen LogP contribution in [0.2, 0.25) is 0 Å². The molecule has 0 bridgehead atoms. The van der Waals surface area contributed by atoms with Crippen LogP contribution in [-0.2, 0) is 13.1 Å². The fourth-order valence-corrected chi connectivity index (χ4v) is 3.10. The molecular formula is C16H21BrN4O3S. The van der Waals surface area contributed by atoms with E-state index >= 15 is 0 Å². The Hall–Kier alpha value is -1.87. The first-order chi connectivity index (χ1) is 12.0. The van der Waals surface area contributed by atoms with Gasteiger partial charge in [-0.25, -0.2) is 0 Å². The Morgan fingerprint density at radius 3 is 2.84 bits per heavy atom. The van der Waals surface area contributed by atoms with Crippen molar-refractivity contribution in [3.8, 4) is 11.5 Å². The van der Waals surface area contributed by atoms with Crippen molar-refractivity contribution in [3.63, 3.8) is 0 Å². The van der Waals surface area contributed by atoms with Crippen LogP contribution in [0.25, 0.3) is 0 Å². The van der Waals surface area contributed by atoms with Crippen molar-refractivity contribution < 1.29 is 14.3 Å². The van der Waals surface area contributed by atoms with E-state index in [0.29, 0.717) is 45.3 Å². The number of hydrogen-bond donors (Lipinski definition) is 2. The first-order valence-corrected chi connectivity index (χ1v) is 9.14. The van der Waals surface area contributed by atoms with Crippen LogP contribution in [0.4, 0.5) is 0 Å². The number of ether oxygens (including phenoxy) is 2. The Morgan fingerprint density at radius 1 is 1.44 bits per heavy atom. The number of rotatable bonds is 8. The Morgan fingerprint density at radius 2 is 2.20 bits per heavy atom. The van der Waals surface area contributed by atoms with Crippen molar-refractivity contribution in [3.05, 3.63) is 32.8 Å². The maximum absolute atomic E-state index is 12.5. The van der Waals surface area contributed by atoms with Gasteiger partial charge in [0.15, 0.2) is 22.1 Å². The molecule has 0 unspecified atom stereocenters. The molecule has 0 radical (unpaired) electrons. The fraction of sp³-hybridized carbons (Fsp3) is 0.438. The second-order valence-electron chi connectivity index (χ2n) is 5.21. The third kappa shape index (κ3) is 4.60. The number of methoxy groups -OCH3 is 1. The quantitative estimate of drug-likeness (QED) is 0.629. The number of halogens is 1. The lowest BCUT2D eigenvalue weighted by atomic mass is 10.2. The van der Waals surface area contributed by atoms with Gasteiger partial charge in [-0.05, 0) is 53.6 Å². The highest BCUT2D eigenvalue weighted by Crippen LogP contribution is 2.36. The zero-order valence-corrected chi connectivity index (χ0v) is 16.8. The summed E-state index contributed by atoms with van der Waals surface area (Å²) in [6.07, 6.45) is 0.879. The zero-order valence-electron chi connectivity index (χ0n) is 14.4. The monoisotopic (exact) mass is 428 g/mol. The number of aromatic amines is 1. The van der Waals surface area contributed by atoms with Crippen LogP contribution in [0.15, 0.2) is 16.6 Å². The van der Waals surface area contributed by atoms with E-state index in [9.17, 15) is 4.79 Å². The van der Waals surface area contributed by atoms with Crippen LogP contribution in [-0.4, -0.2) is 34.4 Å². The molecule has 2 rings (SSSR count). The average molecular weight is 429 g/mol. The number of amides is 1. The normalized spacial score (nSPS) is 10.6. The molecule has 2 aromatic rings. The van der Waals surface area contributed by atoms with Gasteiger partial charge in [-0.3, -0.25) is 9.89 Å². The van der Waals surface area contributed by atoms with Gasteiger partial charge in [0.2, 0.25) is 0 Å². The van der Waals surface area contributed by atoms with E-state index in [1.165, 1.54) is 0 Å². The smallest absolute Gasteiger partial charge is 0.251 e. The third-order valence-electron chi connectivity index (χ3n) is 3.50. The molecule has 1 aromatic carbocycles. The standard InChI is InChI=1S/C16H21BrN4O3S/c1-4-6-24-14-11(17)7-10(8-12(14)23-3)15(22)18-9-13-19-20-16(25)21(13)5-2/h7-8H,4-6,9H2,1-3H3,(H,18,22)(H,20,25). The summed E-state index contributed by atoms with van der Waals surface area (Å²) in [5.74, 6) is 1.53. The van der Waals surface area contributed by atoms with Crippen molar-refractivity contribution in [1.82, 2.24) is 20.1 Å². The second-order valence-corrected chi connectivity index (χ2v) is 6.45. The zero-order chi connectivity index (χ0) is 18.4. The number of hydrogen-bond acceptors (Lipinski definition) is 5. The highest BCUT2D eigenvalue weighted by molar-refractivity contribution is 9.10. The van der Waals surface area contributed by atoms with E-state index in [-0.39, 0.29) is 12.5 Å². The van der Waals surface area contributed by atoms with E-state index in [2.05, 4.69) is 31.4 Å². The van der Waals surface area contributed by atoms with Crippen molar-refractivity contribution >= 4 is 34.1 Å². The van der Waals surface area contributed by atoms with Crippen molar-refractivity contribution in [2.45, 2.75) is 33.4 Å². The van der Waals surface area contributed by atoms with Gasteiger partial charge in [0, 0.05) is 12.1 Å². The van der Waals surface area contributed by atoms with Crippen LogP contribution in [0.3, 0.4) is 0 Å². The molecule has 0 aliphatic heterocycles. The highest BCUT2D eigenvalue weighted by Gasteiger charge is 2.16. The predicted molar refractivity (Wildman–Crippen MR) is 101 cm³/mol. The summed E-state index contributed by atoms with van der Waals surface area (Å²) >= 11 is 8.58. The summed E-state index contributed by atoms with van der Waals surface area (Å²) in [6, 6.07) is 3.36. The summed E-state index contributed by atoms with van der Waals surface area (Å²) < 4.78 is 14.0. The molecule has 0 spiro atoms. The van der Waals surface area contributed by atoms with Crippen LogP contribution in [0.5, 0.6) is 11.5 Å². The number of nitrogens with zero attached hydrogens (tertiary/aromatic N) is 2. The first-order valence-electron chi connectivity index (χ1n) is 7.94. The minimum absolute atomic E-state index is 0.238. The number of nitrogens with one attached hydrogen (secondary N) is 2. The first kappa shape index (κ1) is 19.5. The van der Waals surface area contributed by atoms with E-state index < -0.39 is 0 Å². The molecular weight excluding hydrogens is 408 g/mol. The van der Waals surface area contributed by atoms with E-state index in [4.69, 9.17) is 21.7 Å². The number of carbonyl (C=O) groups is 1. The molecule has 1 aromatic heterocycles. The van der Waals surface area contributed by atoms with Gasteiger partial charge in [-0.1, -0.05) is 6.92 Å². The Balaban J connectivity index is 2.16. The molecule has 2 N–H and O–H groups in total. The third-order valence-corrected chi connectivity index (χ3v) is 4.40. The largest absolute Gasteiger partial charge is 0.493 e. The lowest BCUT2D eigenvalue weighted by Gasteiger charge is -2.14. The molecule has 0 fully saturated rings. The molecule has 1 heterocycles. The maximum atomic E-state index is 12.5. The van der Waals surface area contributed by atoms with E-state index in [1.54, 1.807) is 19.2 Å². The van der Waals surface area contributed by atoms with E-state index in [0.717, 1.165) is 6.42 Å². The maximum Gasteiger partial charge on any atom is 0.251 e. The molecule has 0 saturated carbocycles. The average Bonchev–Trinajstić information content (AvgIpc) is 2.97. The van der Waals surface area contributed by atoms with Crippen LogP contribution in [0.1, 0.15) is 36.5 Å². The summed E-state index contributed by atoms with van der Waals surface area (Å²) in [7, 11) is 1.54. The van der Waals surface area contributed by atoms with Gasteiger partial charge in [-0.15, -0.1) is 0 Å². The van der Waals surface area contributed by atoms with Gasteiger partial charge in [0.25, 0.3) is 5.91 Å². The molecule has 0 aliphatic rings. The minimum atomic E-state index is -0.238. The van der Waals surface area contributed by atoms with Gasteiger partial charge in [0.1, 0.15) is 0 Å². The van der Waals surface area contributed by atoms with E-state index in [1.807, 2.05) is 18.4 Å². The van der Waals surface area contributed by atoms with Crippen molar-refractivity contribution in [2.75, 3.05) is 13.7 Å². The lowest BCUT2D eigenvalue weighted by Crippen LogP contribution is -2.25. The van der Waals surface area contributed by atoms with Gasteiger partial charge < -0.3 is 19.4 Å². The molecule has 25 heavy (non-hydrogen) atoms. The molecule has 9 heteroatoms. The van der Waals surface area contributed by atoms with Crippen LogP contribution in [0, 0.1) is 4.77 Å². The Labute approximate surface area is 159 Å². The molecule has 0 atom stereocenters. The number of benzene rings is 1. The van der Waals surface area contributed by atoms with Crippen molar-refractivity contribution in [2.24, 2.45) is 0 Å². The lowest BCUT2D eigenvalue weighted by molar-refractivity contribution is 0.0949. The highest BCUT2D eigenvalue weighted by atomic mass is 79.9.